The van der Waals surface area contributed by atoms with Gasteiger partial charge in [-0.3, -0.25) is 0 Å². The molecule has 0 bridgehead atoms. The fraction of sp³-hybridized carbons (Fsp3) is 0.538. The van der Waals surface area contributed by atoms with E-state index in [-0.39, 0.29) is 6.10 Å². The van der Waals surface area contributed by atoms with Crippen LogP contribution in [0.2, 0.25) is 0 Å². The monoisotopic (exact) mass is 354 g/mol. The van der Waals surface area contributed by atoms with Gasteiger partial charge in [0.05, 0.1) is 0 Å². The van der Waals surface area contributed by atoms with Gasteiger partial charge in [0.1, 0.15) is 0 Å². The summed E-state index contributed by atoms with van der Waals surface area (Å²) >= 11 is 3.31. The van der Waals surface area contributed by atoms with Crippen molar-refractivity contribution >= 4 is 44.1 Å². The number of hydrogen-bond donors (Lipinski definition) is 2. The molecule has 3 heterocycles. The Morgan fingerprint density at radius 2 is 2.35 bits per heavy atom. The third-order valence-electron chi connectivity index (χ3n) is 3.83. The normalized spacial score (nSPS) is 23.8. The van der Waals surface area contributed by atoms with Crippen LogP contribution < -0.4 is 4.48 Å². The molecule has 1 fully saturated rings. The van der Waals surface area contributed by atoms with Gasteiger partial charge in [-0.05, 0) is 0 Å². The van der Waals surface area contributed by atoms with Crippen LogP contribution in [0.15, 0.2) is 12.5 Å². The molecular formula is C13H19AsN4OS. The predicted octanol–water partition coefficient (Wildman–Crippen LogP) is -0.628. The summed E-state index contributed by atoms with van der Waals surface area (Å²) in [7, 11) is 0. The molecule has 3 rings (SSSR count). The van der Waals surface area contributed by atoms with Crippen LogP contribution in [-0.2, 0) is 6.54 Å². The SMILES string of the molecule is CSC[C@H]1CN(Cc2c[nH]c3c([AsH2])ncnc23)C[C@@H]1O. The van der Waals surface area contributed by atoms with Crippen LogP contribution in [0, 0.1) is 5.92 Å². The van der Waals surface area contributed by atoms with Crippen LogP contribution in [0.3, 0.4) is 0 Å². The Hall–Kier alpha value is -0.552. The van der Waals surface area contributed by atoms with Crippen molar-refractivity contribution < 1.29 is 5.11 Å². The van der Waals surface area contributed by atoms with Crippen LogP contribution in [0.5, 0.6) is 0 Å². The van der Waals surface area contributed by atoms with Gasteiger partial charge in [0.25, 0.3) is 0 Å². The van der Waals surface area contributed by atoms with E-state index in [4.69, 9.17) is 0 Å². The standard InChI is InChI=1S/C13H19AsN4OS/c1-20-6-9-4-18(5-10(9)19)3-8-2-15-12-11(8)16-7-17-13(12)14/h2,7,9-10,15,19H,3-6,14H2,1H3/t9-,10+/m1/s1. The van der Waals surface area contributed by atoms with Gasteiger partial charge in [-0.25, -0.2) is 0 Å². The molecule has 1 unspecified atom stereocenters. The summed E-state index contributed by atoms with van der Waals surface area (Å²) in [4.78, 5) is 14.2. The fourth-order valence-electron chi connectivity index (χ4n) is 2.82. The number of β-amino-alcohol motifs (C(OH)–C–C–N with tert-alkyl or cyclic N) is 1. The van der Waals surface area contributed by atoms with Crippen molar-refractivity contribution in [3.8, 4) is 0 Å². The Morgan fingerprint density at radius 1 is 1.50 bits per heavy atom. The first-order valence-electron chi connectivity index (χ1n) is 6.65. The Kier molecular flexibility index (Phi) is 4.36. The van der Waals surface area contributed by atoms with Crippen LogP contribution in [0.1, 0.15) is 5.56 Å². The molecule has 2 aromatic rings. The number of aromatic amines is 1. The zero-order valence-corrected chi connectivity index (χ0v) is 14.7. The summed E-state index contributed by atoms with van der Waals surface area (Å²) in [6.45, 7) is 2.56. The maximum atomic E-state index is 10.1. The molecule has 1 saturated heterocycles. The van der Waals surface area contributed by atoms with E-state index in [2.05, 4.69) is 26.1 Å². The quantitative estimate of drug-likeness (QED) is 0.716. The van der Waals surface area contributed by atoms with Crippen molar-refractivity contribution in [2.24, 2.45) is 5.92 Å². The van der Waals surface area contributed by atoms with Crippen molar-refractivity contribution in [3.63, 3.8) is 0 Å². The van der Waals surface area contributed by atoms with Crippen LogP contribution >= 0.6 is 11.8 Å². The van der Waals surface area contributed by atoms with E-state index >= 15 is 0 Å². The molecule has 20 heavy (non-hydrogen) atoms. The van der Waals surface area contributed by atoms with Crippen molar-refractivity contribution in [2.45, 2.75) is 12.6 Å². The summed E-state index contributed by atoms with van der Waals surface area (Å²) in [6, 6.07) is 0. The number of H-pyrrole nitrogens is 1. The van der Waals surface area contributed by atoms with Gasteiger partial charge < -0.3 is 0 Å². The topological polar surface area (TPSA) is 65.0 Å². The molecule has 0 radical (unpaired) electrons. The molecule has 2 aromatic heterocycles. The number of aliphatic hydroxyl groups excluding tert-OH is 1. The van der Waals surface area contributed by atoms with E-state index < -0.39 is 0 Å². The first-order chi connectivity index (χ1) is 9.69. The summed E-state index contributed by atoms with van der Waals surface area (Å²) < 4.78 is 1.04. The van der Waals surface area contributed by atoms with E-state index in [1.165, 1.54) is 22.4 Å². The summed E-state index contributed by atoms with van der Waals surface area (Å²) in [5, 5.41) is 10.1. The molecule has 1 aliphatic heterocycles. The number of nitrogens with one attached hydrogen (secondary N) is 1. The average Bonchev–Trinajstić information content (AvgIpc) is 2.97. The summed E-state index contributed by atoms with van der Waals surface area (Å²) in [6.07, 6.45) is 5.55. The second-order valence-corrected chi connectivity index (χ2v) is 7.33. The van der Waals surface area contributed by atoms with Crippen molar-refractivity contribution in [2.75, 3.05) is 25.1 Å². The minimum absolute atomic E-state index is 0.202. The van der Waals surface area contributed by atoms with Gasteiger partial charge in [0.2, 0.25) is 0 Å². The van der Waals surface area contributed by atoms with Gasteiger partial charge in [-0.2, -0.15) is 0 Å². The number of nitrogens with zero attached hydrogens (tertiary/aromatic N) is 3. The molecule has 7 heteroatoms. The molecule has 0 aromatic carbocycles. The van der Waals surface area contributed by atoms with E-state index in [1.807, 2.05) is 6.20 Å². The Bertz CT molecular complexity index is 605. The maximum absolute atomic E-state index is 10.1. The molecule has 5 nitrogen and oxygen atoms in total. The van der Waals surface area contributed by atoms with Gasteiger partial charge in [0, 0.05) is 0 Å². The molecular weight excluding hydrogens is 335 g/mol. The van der Waals surface area contributed by atoms with Crippen molar-refractivity contribution in [1.82, 2.24) is 19.9 Å². The number of aliphatic hydroxyl groups is 1. The first kappa shape index (κ1) is 14.4. The number of aromatic nitrogens is 3. The fourth-order valence-corrected chi connectivity index (χ4v) is 4.18. The molecule has 0 amide bonds. The van der Waals surface area contributed by atoms with E-state index in [1.54, 1.807) is 18.1 Å². The Morgan fingerprint density at radius 3 is 3.15 bits per heavy atom. The number of likely N-dealkylation sites (tertiary alicyclic amines) is 1. The molecule has 0 spiro atoms. The summed E-state index contributed by atoms with van der Waals surface area (Å²) in [5.74, 6) is 1.41. The number of rotatable bonds is 4. The van der Waals surface area contributed by atoms with Gasteiger partial charge >= 0.3 is 131 Å². The number of fused-ring (bicyclic) bond motifs is 1. The number of hydrogen-bond acceptors (Lipinski definition) is 5. The Labute approximate surface area is 131 Å². The zero-order valence-electron chi connectivity index (χ0n) is 11.4. The van der Waals surface area contributed by atoms with E-state index in [0.29, 0.717) is 5.92 Å². The molecule has 1 aliphatic rings. The molecule has 108 valence electrons. The predicted molar refractivity (Wildman–Crippen MR) is 85.2 cm³/mol. The molecule has 0 aliphatic carbocycles. The summed E-state index contributed by atoms with van der Waals surface area (Å²) in [5.41, 5.74) is 3.25. The van der Waals surface area contributed by atoms with E-state index in [9.17, 15) is 5.11 Å². The number of thioether (sulfide) groups is 1. The molecule has 3 atom stereocenters. The zero-order chi connectivity index (χ0) is 14.1. The molecule has 0 saturated carbocycles. The van der Waals surface area contributed by atoms with E-state index in [0.717, 1.165) is 40.9 Å². The second-order valence-electron chi connectivity index (χ2n) is 5.27. The third-order valence-corrected chi connectivity index (χ3v) is 5.51. The average molecular weight is 354 g/mol. The van der Waals surface area contributed by atoms with Gasteiger partial charge in [-0.1, -0.05) is 0 Å². The Balaban J connectivity index is 1.76. The van der Waals surface area contributed by atoms with Crippen LogP contribution in [0.4, 0.5) is 0 Å². The van der Waals surface area contributed by atoms with Gasteiger partial charge in [-0.15, -0.1) is 0 Å². The van der Waals surface area contributed by atoms with Gasteiger partial charge in [0.15, 0.2) is 0 Å². The van der Waals surface area contributed by atoms with Crippen LogP contribution in [-0.4, -0.2) is 73.0 Å². The van der Waals surface area contributed by atoms with Crippen molar-refractivity contribution in [3.05, 3.63) is 18.1 Å². The minimum atomic E-state index is -0.202. The second kappa shape index (κ2) is 6.06. The first-order valence-corrected chi connectivity index (χ1v) is 9.25. The molecule has 2 N–H and O–H groups in total. The van der Waals surface area contributed by atoms with Crippen molar-refractivity contribution in [1.29, 1.82) is 0 Å². The third kappa shape index (κ3) is 2.75. The van der Waals surface area contributed by atoms with Crippen LogP contribution in [0.25, 0.3) is 11.0 Å².